The number of aromatic nitrogens is 2. The number of phenolic OH excluding ortho intramolecular Hbond substituents is 1. The molecule has 0 saturated carbocycles. The quantitative estimate of drug-likeness (QED) is 0.241. The Bertz CT molecular complexity index is 1120. The zero-order valence-electron chi connectivity index (χ0n) is 13.4. The van der Waals surface area contributed by atoms with E-state index in [-0.39, 0.29) is 5.75 Å². The highest BCUT2D eigenvalue weighted by molar-refractivity contribution is 14.1. The molecule has 0 radical (unpaired) electrons. The van der Waals surface area contributed by atoms with E-state index < -0.39 is 0 Å². The molecule has 0 fully saturated rings. The number of nitrogens with zero attached hydrogens (tertiary/aromatic N) is 2. The van der Waals surface area contributed by atoms with Crippen molar-refractivity contribution >= 4 is 68.1 Å². The molecular formula is C20H13I2N3O. The van der Waals surface area contributed by atoms with Gasteiger partial charge in [0.1, 0.15) is 11.6 Å². The number of halogens is 2. The molecule has 0 amide bonds. The summed E-state index contributed by atoms with van der Waals surface area (Å²) in [5, 5.41) is 10.2. The Labute approximate surface area is 177 Å². The molecule has 128 valence electrons. The molecule has 3 aromatic carbocycles. The van der Waals surface area contributed by atoms with Crippen molar-refractivity contribution in [1.29, 1.82) is 0 Å². The molecule has 26 heavy (non-hydrogen) atoms. The number of imidazole rings is 1. The van der Waals surface area contributed by atoms with Crippen molar-refractivity contribution in [2.75, 3.05) is 0 Å². The second kappa shape index (κ2) is 7.36. The number of hydrogen-bond donors (Lipinski definition) is 2. The van der Waals surface area contributed by atoms with Gasteiger partial charge in [0, 0.05) is 20.9 Å². The topological polar surface area (TPSA) is 61.3 Å². The molecule has 0 spiro atoms. The monoisotopic (exact) mass is 565 g/mol. The van der Waals surface area contributed by atoms with Gasteiger partial charge in [-0.2, -0.15) is 0 Å². The first-order valence-electron chi connectivity index (χ1n) is 7.87. The second-order valence-electron chi connectivity index (χ2n) is 5.74. The van der Waals surface area contributed by atoms with E-state index in [1.165, 1.54) is 0 Å². The van der Waals surface area contributed by atoms with E-state index >= 15 is 0 Å². The summed E-state index contributed by atoms with van der Waals surface area (Å²) in [6, 6.07) is 19.7. The normalized spacial score (nSPS) is 11.5. The first-order chi connectivity index (χ1) is 12.6. The average Bonchev–Trinajstić information content (AvgIpc) is 3.07. The van der Waals surface area contributed by atoms with E-state index in [0.717, 1.165) is 35.2 Å². The summed E-state index contributed by atoms with van der Waals surface area (Å²) in [7, 11) is 0. The third kappa shape index (κ3) is 3.61. The van der Waals surface area contributed by atoms with Gasteiger partial charge in [0.05, 0.1) is 20.3 Å². The minimum absolute atomic E-state index is 0.252. The molecule has 4 aromatic rings. The summed E-state index contributed by atoms with van der Waals surface area (Å²) < 4.78 is 1.87. The van der Waals surface area contributed by atoms with Crippen LogP contribution in [0.2, 0.25) is 0 Å². The van der Waals surface area contributed by atoms with Crippen LogP contribution in [0.5, 0.6) is 5.75 Å². The Hall–Kier alpha value is -1.94. The Morgan fingerprint density at radius 1 is 1.00 bits per heavy atom. The summed E-state index contributed by atoms with van der Waals surface area (Å²) in [6.07, 6.45) is 1.69. The predicted octanol–water partition coefficient (Wildman–Crippen LogP) is 5.90. The number of aromatic hydroxyl groups is 1. The first kappa shape index (κ1) is 17.5. The maximum atomic E-state index is 10.2. The van der Waals surface area contributed by atoms with Crippen LogP contribution in [0.15, 0.2) is 65.7 Å². The lowest BCUT2D eigenvalue weighted by molar-refractivity contribution is 0.470. The van der Waals surface area contributed by atoms with Gasteiger partial charge in [0.2, 0.25) is 0 Å². The molecule has 4 rings (SSSR count). The fraction of sp³-hybridized carbons (Fsp3) is 0. The lowest BCUT2D eigenvalue weighted by Gasteiger charge is -2.02. The molecule has 0 aliphatic carbocycles. The van der Waals surface area contributed by atoms with Crippen LogP contribution < -0.4 is 0 Å². The van der Waals surface area contributed by atoms with E-state index in [2.05, 4.69) is 60.1 Å². The zero-order chi connectivity index (χ0) is 18.1. The van der Waals surface area contributed by atoms with Crippen molar-refractivity contribution < 1.29 is 5.11 Å². The van der Waals surface area contributed by atoms with E-state index in [1.54, 1.807) is 6.21 Å². The van der Waals surface area contributed by atoms with Gasteiger partial charge in [-0.05, 0) is 75.5 Å². The Morgan fingerprint density at radius 3 is 2.62 bits per heavy atom. The third-order valence-electron chi connectivity index (χ3n) is 3.92. The van der Waals surface area contributed by atoms with Crippen molar-refractivity contribution in [3.05, 3.63) is 73.4 Å². The maximum absolute atomic E-state index is 10.2. The molecule has 0 unspecified atom stereocenters. The molecule has 4 nitrogen and oxygen atoms in total. The Balaban J connectivity index is 1.68. The maximum Gasteiger partial charge on any atom is 0.138 e. The molecule has 1 heterocycles. The number of benzene rings is 3. The number of fused-ring (bicyclic) bond motifs is 1. The summed E-state index contributed by atoms with van der Waals surface area (Å²) >= 11 is 4.35. The highest BCUT2D eigenvalue weighted by Crippen LogP contribution is 2.27. The van der Waals surface area contributed by atoms with Crippen molar-refractivity contribution in [3.8, 4) is 17.1 Å². The molecule has 0 saturated heterocycles. The first-order valence-corrected chi connectivity index (χ1v) is 10.0. The number of H-pyrrole nitrogens is 1. The average molecular weight is 565 g/mol. The number of aliphatic imine (C=N–C) groups is 1. The molecule has 6 heteroatoms. The predicted molar refractivity (Wildman–Crippen MR) is 122 cm³/mol. The molecule has 0 aliphatic rings. The number of aromatic amines is 1. The number of nitrogens with one attached hydrogen (secondary N) is 1. The molecule has 2 N–H and O–H groups in total. The number of phenols is 1. The highest BCUT2D eigenvalue weighted by atomic mass is 127. The second-order valence-corrected chi connectivity index (χ2v) is 8.14. The summed E-state index contributed by atoms with van der Waals surface area (Å²) in [5.74, 6) is 1.09. The Morgan fingerprint density at radius 2 is 1.81 bits per heavy atom. The van der Waals surface area contributed by atoms with Crippen LogP contribution >= 0.6 is 45.2 Å². The molecule has 1 aromatic heterocycles. The minimum Gasteiger partial charge on any atom is -0.506 e. The van der Waals surface area contributed by atoms with Crippen LogP contribution in [0.3, 0.4) is 0 Å². The van der Waals surface area contributed by atoms with Crippen LogP contribution in [0.4, 0.5) is 5.69 Å². The number of hydrogen-bond acceptors (Lipinski definition) is 3. The van der Waals surface area contributed by atoms with Crippen LogP contribution in [-0.2, 0) is 0 Å². The fourth-order valence-electron chi connectivity index (χ4n) is 2.64. The van der Waals surface area contributed by atoms with Gasteiger partial charge in [-0.1, -0.05) is 30.3 Å². The van der Waals surface area contributed by atoms with Crippen LogP contribution in [-0.4, -0.2) is 21.3 Å². The number of rotatable bonds is 3. The van der Waals surface area contributed by atoms with Gasteiger partial charge in [0.25, 0.3) is 0 Å². The lowest BCUT2D eigenvalue weighted by Crippen LogP contribution is -1.87. The van der Waals surface area contributed by atoms with Gasteiger partial charge >= 0.3 is 0 Å². The van der Waals surface area contributed by atoms with E-state index in [9.17, 15) is 5.11 Å². The smallest absolute Gasteiger partial charge is 0.138 e. The summed E-state index contributed by atoms with van der Waals surface area (Å²) in [4.78, 5) is 12.5. The van der Waals surface area contributed by atoms with Gasteiger partial charge in [-0.25, -0.2) is 4.98 Å². The molecule has 0 bridgehead atoms. The molecule has 0 aliphatic heterocycles. The summed E-state index contributed by atoms with van der Waals surface area (Å²) in [6.45, 7) is 0. The van der Waals surface area contributed by atoms with Gasteiger partial charge in [-0.3, -0.25) is 4.99 Å². The van der Waals surface area contributed by atoms with E-state index in [0.29, 0.717) is 5.56 Å². The minimum atomic E-state index is 0.252. The Kier molecular flexibility index (Phi) is 4.94. The van der Waals surface area contributed by atoms with Crippen molar-refractivity contribution in [3.63, 3.8) is 0 Å². The zero-order valence-corrected chi connectivity index (χ0v) is 17.8. The largest absolute Gasteiger partial charge is 0.506 e. The molecule has 0 atom stereocenters. The highest BCUT2D eigenvalue weighted by Gasteiger charge is 2.07. The van der Waals surface area contributed by atoms with E-state index in [4.69, 9.17) is 0 Å². The van der Waals surface area contributed by atoms with Crippen LogP contribution in [0.1, 0.15) is 5.56 Å². The molecular weight excluding hydrogens is 552 g/mol. The van der Waals surface area contributed by atoms with Crippen molar-refractivity contribution in [2.24, 2.45) is 4.99 Å². The van der Waals surface area contributed by atoms with Crippen LogP contribution in [0, 0.1) is 7.14 Å². The van der Waals surface area contributed by atoms with Crippen molar-refractivity contribution in [2.45, 2.75) is 0 Å². The van der Waals surface area contributed by atoms with Gasteiger partial charge in [0.15, 0.2) is 0 Å². The fourth-order valence-corrected chi connectivity index (χ4v) is 4.53. The SMILES string of the molecule is Oc1c(I)cc(I)cc1/C=N/c1ccc2[nH]c(-c3ccccc3)nc2c1. The lowest BCUT2D eigenvalue weighted by atomic mass is 10.2. The third-order valence-corrected chi connectivity index (χ3v) is 5.37. The van der Waals surface area contributed by atoms with Crippen LogP contribution in [0.25, 0.3) is 22.4 Å². The van der Waals surface area contributed by atoms with Gasteiger partial charge < -0.3 is 10.1 Å². The standard InChI is InChI=1S/C20H13I2N3O/c21-14-8-13(19(26)16(22)9-14)11-23-15-6-7-17-18(10-15)25-20(24-17)12-4-2-1-3-5-12/h1-11,26H,(H,24,25)/b23-11+. The summed E-state index contributed by atoms with van der Waals surface area (Å²) in [5.41, 5.74) is 4.37. The van der Waals surface area contributed by atoms with Gasteiger partial charge in [-0.15, -0.1) is 0 Å². The van der Waals surface area contributed by atoms with E-state index in [1.807, 2.05) is 60.7 Å². The van der Waals surface area contributed by atoms with Crippen molar-refractivity contribution in [1.82, 2.24) is 9.97 Å².